The smallest absolute Gasteiger partial charge is 0.312 e. The summed E-state index contributed by atoms with van der Waals surface area (Å²) < 4.78 is 11.7. The van der Waals surface area contributed by atoms with Crippen molar-refractivity contribution in [3.05, 3.63) is 0 Å². The Balaban J connectivity index is 0.000000197. The van der Waals surface area contributed by atoms with Crippen molar-refractivity contribution in [3.8, 4) is 0 Å². The van der Waals surface area contributed by atoms with E-state index in [1.54, 1.807) is 0 Å². The van der Waals surface area contributed by atoms with Crippen molar-refractivity contribution in [2.75, 3.05) is 0 Å². The molecular weight excluding hydrogens is 428 g/mol. The second-order valence-electron chi connectivity index (χ2n) is 13.4. The lowest BCUT2D eigenvalue weighted by Gasteiger charge is -2.59. The minimum atomic E-state index is -0.555. The summed E-state index contributed by atoms with van der Waals surface area (Å²) in [7, 11) is 0. The van der Waals surface area contributed by atoms with Crippen LogP contribution in [-0.4, -0.2) is 33.8 Å². The van der Waals surface area contributed by atoms with Gasteiger partial charge in [0, 0.05) is 6.42 Å². The Morgan fingerprint density at radius 1 is 0.824 bits per heavy atom. The minimum Gasteiger partial charge on any atom is -0.459 e. The molecule has 1 N–H and O–H groups in total. The van der Waals surface area contributed by atoms with Gasteiger partial charge < -0.3 is 14.6 Å². The molecule has 0 aromatic carbocycles. The zero-order valence-electron chi connectivity index (χ0n) is 22.9. The summed E-state index contributed by atoms with van der Waals surface area (Å²) in [4.78, 5) is 24.4. The molecule has 0 heterocycles. The molecule has 0 spiro atoms. The maximum atomic E-state index is 12.4. The number of aliphatic hydroxyl groups is 1. The van der Waals surface area contributed by atoms with Crippen LogP contribution in [0.25, 0.3) is 0 Å². The van der Waals surface area contributed by atoms with Crippen LogP contribution in [0.5, 0.6) is 0 Å². The van der Waals surface area contributed by atoms with E-state index in [1.165, 1.54) is 19.3 Å². The predicted molar refractivity (Wildman–Crippen MR) is 134 cm³/mol. The van der Waals surface area contributed by atoms with Crippen LogP contribution in [0.3, 0.4) is 0 Å². The molecule has 34 heavy (non-hydrogen) atoms. The van der Waals surface area contributed by atoms with E-state index in [-0.39, 0.29) is 28.6 Å². The van der Waals surface area contributed by atoms with Crippen LogP contribution in [0, 0.1) is 22.7 Å². The summed E-state index contributed by atoms with van der Waals surface area (Å²) in [6, 6.07) is 0. The van der Waals surface area contributed by atoms with Crippen molar-refractivity contribution < 1.29 is 24.2 Å². The monoisotopic (exact) mass is 478 g/mol. The quantitative estimate of drug-likeness (QED) is 0.410. The largest absolute Gasteiger partial charge is 0.459 e. The molecule has 5 aliphatic rings. The Labute approximate surface area is 207 Å². The van der Waals surface area contributed by atoms with Crippen molar-refractivity contribution in [1.82, 2.24) is 0 Å². The summed E-state index contributed by atoms with van der Waals surface area (Å²) in [6.07, 6.45) is 12.8. The molecule has 0 saturated heterocycles. The second-order valence-corrected chi connectivity index (χ2v) is 13.4. The Morgan fingerprint density at radius 3 is 1.71 bits per heavy atom. The Bertz CT molecular complexity index is 732. The number of rotatable bonds is 7. The number of hydrogen-bond acceptors (Lipinski definition) is 5. The first kappa shape index (κ1) is 27.5. The van der Waals surface area contributed by atoms with Gasteiger partial charge in [0.15, 0.2) is 0 Å². The molecular formula is C29H50O5. The fourth-order valence-corrected chi connectivity index (χ4v) is 6.76. The van der Waals surface area contributed by atoms with Gasteiger partial charge >= 0.3 is 11.9 Å². The van der Waals surface area contributed by atoms with E-state index in [0.29, 0.717) is 18.3 Å². The average molecular weight is 479 g/mol. The topological polar surface area (TPSA) is 72.8 Å². The maximum absolute atomic E-state index is 12.4. The Morgan fingerprint density at radius 2 is 1.29 bits per heavy atom. The lowest BCUT2D eigenvalue weighted by Crippen LogP contribution is -2.61. The Hall–Kier alpha value is -1.10. The van der Waals surface area contributed by atoms with Crippen LogP contribution in [0.15, 0.2) is 0 Å². The summed E-state index contributed by atoms with van der Waals surface area (Å²) in [5, 5.41) is 10.6. The van der Waals surface area contributed by atoms with Gasteiger partial charge in [-0.1, -0.05) is 20.8 Å². The van der Waals surface area contributed by atoms with Gasteiger partial charge in [0.1, 0.15) is 11.2 Å². The van der Waals surface area contributed by atoms with Crippen molar-refractivity contribution >= 4 is 11.9 Å². The van der Waals surface area contributed by atoms with Crippen molar-refractivity contribution in [1.29, 1.82) is 0 Å². The highest BCUT2D eigenvalue weighted by atomic mass is 16.6. The molecule has 0 aromatic rings. The number of esters is 2. The number of hydrogen-bond donors (Lipinski definition) is 1. The highest BCUT2D eigenvalue weighted by Crippen LogP contribution is 2.59. The Kier molecular flexibility index (Phi) is 7.88. The number of ether oxygens (including phenoxy) is 2. The van der Waals surface area contributed by atoms with Crippen LogP contribution < -0.4 is 0 Å². The van der Waals surface area contributed by atoms with E-state index in [9.17, 15) is 14.7 Å². The van der Waals surface area contributed by atoms with Gasteiger partial charge in [0.05, 0.1) is 16.4 Å². The summed E-state index contributed by atoms with van der Waals surface area (Å²) >= 11 is 0. The van der Waals surface area contributed by atoms with Gasteiger partial charge in [-0.05, 0) is 117 Å². The van der Waals surface area contributed by atoms with Crippen LogP contribution in [-0.2, 0) is 19.1 Å². The van der Waals surface area contributed by atoms with Gasteiger partial charge in [0.2, 0.25) is 0 Å². The first-order valence-electron chi connectivity index (χ1n) is 13.9. The molecule has 5 heteroatoms. The summed E-state index contributed by atoms with van der Waals surface area (Å²) in [6.45, 7) is 14.0. The molecule has 4 bridgehead atoms. The second kappa shape index (κ2) is 9.75. The van der Waals surface area contributed by atoms with Crippen molar-refractivity contribution in [3.63, 3.8) is 0 Å². The van der Waals surface area contributed by atoms with E-state index >= 15 is 0 Å². The highest BCUT2D eigenvalue weighted by molar-refractivity contribution is 5.76. The molecule has 5 fully saturated rings. The van der Waals surface area contributed by atoms with E-state index in [2.05, 4.69) is 6.92 Å². The van der Waals surface area contributed by atoms with Gasteiger partial charge in [-0.25, -0.2) is 0 Å². The van der Waals surface area contributed by atoms with Gasteiger partial charge in [-0.3, -0.25) is 9.59 Å². The fourth-order valence-electron chi connectivity index (χ4n) is 6.76. The van der Waals surface area contributed by atoms with E-state index < -0.39 is 11.0 Å². The lowest BCUT2D eigenvalue weighted by atomic mass is 9.52. The van der Waals surface area contributed by atoms with E-state index in [1.807, 2.05) is 41.5 Å². The third-order valence-electron chi connectivity index (χ3n) is 9.63. The third kappa shape index (κ3) is 5.82. The maximum Gasteiger partial charge on any atom is 0.312 e. The van der Waals surface area contributed by atoms with Crippen LogP contribution in [0.2, 0.25) is 0 Å². The van der Waals surface area contributed by atoms with Gasteiger partial charge in [-0.15, -0.1) is 0 Å². The zero-order chi connectivity index (χ0) is 25.4. The number of carbonyl (C=O) groups excluding carboxylic acids is 2. The lowest BCUT2D eigenvalue weighted by molar-refractivity contribution is -0.225. The summed E-state index contributed by atoms with van der Waals surface area (Å²) in [5.41, 5.74) is -1.79. The molecule has 196 valence electrons. The molecule has 5 aliphatic carbocycles. The van der Waals surface area contributed by atoms with Crippen LogP contribution in [0.4, 0.5) is 0 Å². The van der Waals surface area contributed by atoms with Gasteiger partial charge in [0.25, 0.3) is 0 Å². The molecule has 5 saturated carbocycles. The van der Waals surface area contributed by atoms with Gasteiger partial charge in [-0.2, -0.15) is 0 Å². The zero-order valence-corrected chi connectivity index (χ0v) is 22.9. The molecule has 2 atom stereocenters. The molecule has 5 rings (SSSR count). The standard InChI is InChI=1S/C16H26O3.C13H24O2/c1-4-14(2,3)13(17)19-16-8-11-5-12(9-16)7-15(18,6-11)10-16;1-5-12(3,4)11(14)15-13(6-2)9-7-8-10-13/h11-12,18H,4-10H2,1-3H3;5-10H2,1-4H3. The predicted octanol–water partition coefficient (Wildman–Crippen LogP) is 6.74. The van der Waals surface area contributed by atoms with Crippen molar-refractivity contribution in [2.45, 2.75) is 149 Å². The normalized spacial score (nSPS) is 33.8. The highest BCUT2D eigenvalue weighted by Gasteiger charge is 2.59. The summed E-state index contributed by atoms with van der Waals surface area (Å²) in [5.74, 6) is 1.02. The first-order valence-corrected chi connectivity index (χ1v) is 13.9. The van der Waals surface area contributed by atoms with Crippen LogP contribution in [0.1, 0.15) is 132 Å². The average Bonchev–Trinajstić information content (AvgIpc) is 3.21. The third-order valence-corrected chi connectivity index (χ3v) is 9.63. The van der Waals surface area contributed by atoms with E-state index in [4.69, 9.17) is 9.47 Å². The molecule has 0 aromatic heterocycles. The molecule has 0 aliphatic heterocycles. The molecule has 5 nitrogen and oxygen atoms in total. The van der Waals surface area contributed by atoms with Crippen molar-refractivity contribution in [2.24, 2.45) is 22.7 Å². The molecule has 2 unspecified atom stereocenters. The SMILES string of the molecule is CCC(C)(C)C(=O)OC12CC3CC(CC(O)(C3)C1)C2.CCC1(OC(=O)C(C)(C)CC)CCCC1. The fraction of sp³-hybridized carbons (Fsp3) is 0.931. The minimum absolute atomic E-state index is 0.0197. The molecule has 0 radical (unpaired) electrons. The number of carbonyl (C=O) groups is 2. The first-order chi connectivity index (χ1) is 15.7. The van der Waals surface area contributed by atoms with E-state index in [0.717, 1.165) is 57.8 Å². The van der Waals surface area contributed by atoms with Crippen LogP contribution >= 0.6 is 0 Å². The molecule has 0 amide bonds.